The number of rotatable bonds is 7. The Balaban J connectivity index is 3.92. The molecular weight excluding hydrogens is 339 g/mol. The quantitative estimate of drug-likeness (QED) is 0.564. The summed E-state index contributed by atoms with van der Waals surface area (Å²) in [6, 6.07) is 0. The van der Waals surface area contributed by atoms with Crippen LogP contribution < -0.4 is 0 Å². The molecule has 0 aliphatic carbocycles. The zero-order chi connectivity index (χ0) is 11.2. The van der Waals surface area contributed by atoms with Gasteiger partial charge in [-0.05, 0) is 5.41 Å². The first kappa shape index (κ1) is 15.1. The van der Waals surface area contributed by atoms with Gasteiger partial charge in [0.05, 0.1) is 13.2 Å². The largest absolute Gasteiger partial charge is 0.472 e. The van der Waals surface area contributed by atoms with Crippen LogP contribution in [-0.4, -0.2) is 28.8 Å². The lowest BCUT2D eigenvalue weighted by Crippen LogP contribution is -2.20. The van der Waals surface area contributed by atoms with Gasteiger partial charge in [-0.3, -0.25) is 9.05 Å². The van der Waals surface area contributed by atoms with Gasteiger partial charge in [0, 0.05) is 10.7 Å². The first-order valence-electron chi connectivity index (χ1n) is 4.07. The van der Waals surface area contributed by atoms with Crippen molar-refractivity contribution < 1.29 is 18.5 Å². The lowest BCUT2D eigenvalue weighted by Gasteiger charge is -2.22. The van der Waals surface area contributed by atoms with E-state index in [4.69, 9.17) is 4.52 Å². The van der Waals surface area contributed by atoms with Crippen LogP contribution in [0.1, 0.15) is 13.8 Å². The van der Waals surface area contributed by atoms with Gasteiger partial charge in [0.25, 0.3) is 0 Å². The number of alkyl halides is 2. The van der Waals surface area contributed by atoms with Crippen LogP contribution in [0.2, 0.25) is 0 Å². The third kappa shape index (κ3) is 7.37. The molecule has 0 heterocycles. The minimum atomic E-state index is -3.87. The number of halogens is 2. The smallest absolute Gasteiger partial charge is 0.302 e. The molecule has 1 atom stereocenters. The van der Waals surface area contributed by atoms with Crippen molar-refractivity contribution in [2.24, 2.45) is 5.41 Å². The molecule has 0 bridgehead atoms. The molecule has 0 rings (SSSR count). The zero-order valence-corrected chi connectivity index (χ0v) is 12.3. The number of phosphoric ester groups is 1. The number of hydrogen-bond donors (Lipinski definition) is 1. The summed E-state index contributed by atoms with van der Waals surface area (Å²) in [5, 5.41) is 1.20. The highest BCUT2D eigenvalue weighted by Crippen LogP contribution is 2.44. The third-order valence-electron chi connectivity index (χ3n) is 1.31. The summed E-state index contributed by atoms with van der Waals surface area (Å²) in [7, 11) is -3.87. The van der Waals surface area contributed by atoms with E-state index in [2.05, 4.69) is 36.4 Å². The van der Waals surface area contributed by atoms with Crippen molar-refractivity contribution in [2.45, 2.75) is 13.8 Å². The van der Waals surface area contributed by atoms with Crippen molar-refractivity contribution in [3.05, 3.63) is 0 Å². The van der Waals surface area contributed by atoms with Crippen LogP contribution in [-0.2, 0) is 13.6 Å². The summed E-state index contributed by atoms with van der Waals surface area (Å²) in [5.41, 5.74) is -0.184. The van der Waals surface area contributed by atoms with E-state index in [1.807, 2.05) is 13.8 Å². The van der Waals surface area contributed by atoms with E-state index < -0.39 is 7.82 Å². The van der Waals surface area contributed by atoms with Crippen LogP contribution in [0.3, 0.4) is 0 Å². The molecule has 0 radical (unpaired) electrons. The van der Waals surface area contributed by atoms with Crippen LogP contribution in [0, 0.1) is 5.41 Å². The second-order valence-electron chi connectivity index (χ2n) is 3.56. The molecule has 1 N–H and O–H groups in total. The molecular formula is C7H15Br2O4P. The molecule has 0 fully saturated rings. The van der Waals surface area contributed by atoms with Gasteiger partial charge in [0.15, 0.2) is 0 Å². The van der Waals surface area contributed by atoms with Crippen molar-refractivity contribution in [3.63, 3.8) is 0 Å². The fourth-order valence-electron chi connectivity index (χ4n) is 0.482. The molecule has 7 heteroatoms. The van der Waals surface area contributed by atoms with Gasteiger partial charge in [-0.1, -0.05) is 45.7 Å². The molecule has 0 saturated carbocycles. The lowest BCUT2D eigenvalue weighted by molar-refractivity contribution is 0.118. The molecule has 14 heavy (non-hydrogen) atoms. The second-order valence-corrected chi connectivity index (χ2v) is 6.37. The van der Waals surface area contributed by atoms with E-state index in [0.29, 0.717) is 10.7 Å². The Hall–Kier alpha value is 1.07. The minimum absolute atomic E-state index is 0.155. The Morgan fingerprint density at radius 3 is 2.36 bits per heavy atom. The third-order valence-corrected chi connectivity index (χ3v) is 4.12. The van der Waals surface area contributed by atoms with Crippen molar-refractivity contribution in [1.29, 1.82) is 0 Å². The fourth-order valence-corrected chi connectivity index (χ4v) is 1.97. The van der Waals surface area contributed by atoms with E-state index >= 15 is 0 Å². The van der Waals surface area contributed by atoms with Crippen LogP contribution in [0.4, 0.5) is 0 Å². The maximum atomic E-state index is 11.2. The van der Waals surface area contributed by atoms with Gasteiger partial charge >= 0.3 is 7.82 Å². The fraction of sp³-hybridized carbons (Fsp3) is 1.00. The van der Waals surface area contributed by atoms with E-state index in [-0.39, 0.29) is 18.6 Å². The molecule has 0 spiro atoms. The summed E-state index contributed by atoms with van der Waals surface area (Å²) < 4.78 is 20.7. The van der Waals surface area contributed by atoms with Gasteiger partial charge in [0.2, 0.25) is 0 Å². The van der Waals surface area contributed by atoms with Crippen molar-refractivity contribution in [1.82, 2.24) is 0 Å². The monoisotopic (exact) mass is 352 g/mol. The highest BCUT2D eigenvalue weighted by Gasteiger charge is 2.26. The first-order valence-corrected chi connectivity index (χ1v) is 7.81. The Morgan fingerprint density at radius 1 is 1.36 bits per heavy atom. The van der Waals surface area contributed by atoms with Crippen LogP contribution >= 0.6 is 39.7 Å². The first-order chi connectivity index (χ1) is 6.33. The Bertz CT molecular complexity index is 210. The van der Waals surface area contributed by atoms with Gasteiger partial charge < -0.3 is 4.89 Å². The summed E-state index contributed by atoms with van der Waals surface area (Å²) in [6.07, 6.45) is 0. The van der Waals surface area contributed by atoms with Crippen molar-refractivity contribution in [3.8, 4) is 0 Å². The minimum Gasteiger partial charge on any atom is -0.302 e. The second kappa shape index (κ2) is 6.61. The standard InChI is InChI=1S/C7H15Br2O4P/c1-7(2,5-9)6-13-14(10,11)12-4-3-8/h3-6H2,1-2H3,(H,10,11). The molecule has 4 nitrogen and oxygen atoms in total. The highest BCUT2D eigenvalue weighted by atomic mass is 79.9. The normalized spacial score (nSPS) is 16.6. The van der Waals surface area contributed by atoms with Crippen molar-refractivity contribution >= 4 is 39.7 Å². The topological polar surface area (TPSA) is 55.8 Å². The molecule has 0 aromatic carbocycles. The van der Waals surface area contributed by atoms with Crippen LogP contribution in [0.15, 0.2) is 0 Å². The van der Waals surface area contributed by atoms with Gasteiger partial charge in [-0.25, -0.2) is 4.57 Å². The molecule has 86 valence electrons. The van der Waals surface area contributed by atoms with Crippen LogP contribution in [0.25, 0.3) is 0 Å². The highest BCUT2D eigenvalue weighted by molar-refractivity contribution is 9.09. The van der Waals surface area contributed by atoms with Crippen molar-refractivity contribution in [2.75, 3.05) is 23.9 Å². The Morgan fingerprint density at radius 2 is 1.93 bits per heavy atom. The zero-order valence-electron chi connectivity index (χ0n) is 8.20. The predicted octanol–water partition coefficient (Wildman–Crippen LogP) is 2.94. The van der Waals surface area contributed by atoms with Gasteiger partial charge in [-0.15, -0.1) is 0 Å². The lowest BCUT2D eigenvalue weighted by atomic mass is 9.99. The Kier molecular flexibility index (Phi) is 7.11. The summed E-state index contributed by atoms with van der Waals surface area (Å²) in [4.78, 5) is 9.18. The maximum Gasteiger partial charge on any atom is 0.472 e. The molecule has 0 aliphatic heterocycles. The summed E-state index contributed by atoms with van der Waals surface area (Å²) in [5.74, 6) is 0. The van der Waals surface area contributed by atoms with E-state index in [1.54, 1.807) is 0 Å². The molecule has 0 aliphatic rings. The molecule has 0 aromatic heterocycles. The summed E-state index contributed by atoms with van der Waals surface area (Å²) in [6.45, 7) is 4.18. The van der Waals surface area contributed by atoms with Gasteiger partial charge in [-0.2, -0.15) is 0 Å². The average Bonchev–Trinajstić information content (AvgIpc) is 2.12. The maximum absolute atomic E-state index is 11.2. The Labute approximate surface area is 101 Å². The number of hydrogen-bond acceptors (Lipinski definition) is 3. The van der Waals surface area contributed by atoms with E-state index in [0.717, 1.165) is 0 Å². The van der Waals surface area contributed by atoms with E-state index in [1.165, 1.54) is 0 Å². The van der Waals surface area contributed by atoms with Crippen LogP contribution in [0.5, 0.6) is 0 Å². The summed E-state index contributed by atoms with van der Waals surface area (Å²) >= 11 is 6.38. The molecule has 0 amide bonds. The molecule has 1 unspecified atom stereocenters. The number of phosphoric acid groups is 1. The molecule has 0 aromatic rings. The van der Waals surface area contributed by atoms with E-state index in [9.17, 15) is 9.46 Å². The SMILES string of the molecule is CC(C)(CBr)COP(=O)(O)OCCBr. The predicted molar refractivity (Wildman–Crippen MR) is 63.1 cm³/mol. The molecule has 0 saturated heterocycles. The average molecular weight is 354 g/mol. The van der Waals surface area contributed by atoms with Gasteiger partial charge in [0.1, 0.15) is 0 Å².